The van der Waals surface area contributed by atoms with Gasteiger partial charge in [-0.1, -0.05) is 53.3 Å². The van der Waals surface area contributed by atoms with Crippen LogP contribution in [-0.4, -0.2) is 11.3 Å². The molecule has 0 fully saturated rings. The molecule has 1 N–H and O–H groups in total. The van der Waals surface area contributed by atoms with Crippen LogP contribution >= 0.6 is 22.9 Å². The summed E-state index contributed by atoms with van der Waals surface area (Å²) >= 11 is 7.01. The van der Waals surface area contributed by atoms with E-state index < -0.39 is 0 Å². The topological polar surface area (TPSA) is 42.0 Å². The van der Waals surface area contributed by atoms with Crippen LogP contribution in [0.25, 0.3) is 0 Å². The van der Waals surface area contributed by atoms with E-state index in [9.17, 15) is 4.79 Å². The Kier molecular flexibility index (Phi) is 3.54. The summed E-state index contributed by atoms with van der Waals surface area (Å²) in [5.74, 6) is 0. The standard InChI is InChI=1S/C11H9ClN2OS/c12-10-9(7-15)16-11(14-10)13-6-8-4-2-1-3-5-8/h1-5,7H,6H2,(H,13,14). The van der Waals surface area contributed by atoms with Crippen LogP contribution in [0.2, 0.25) is 5.15 Å². The number of benzene rings is 1. The molecule has 0 amide bonds. The Labute approximate surface area is 102 Å². The van der Waals surface area contributed by atoms with E-state index >= 15 is 0 Å². The Hall–Kier alpha value is -1.39. The van der Waals surface area contributed by atoms with Crippen molar-refractivity contribution in [3.63, 3.8) is 0 Å². The molecule has 0 atom stereocenters. The lowest BCUT2D eigenvalue weighted by molar-refractivity contribution is 0.112. The molecule has 16 heavy (non-hydrogen) atoms. The fourth-order valence-corrected chi connectivity index (χ4v) is 2.20. The van der Waals surface area contributed by atoms with Crippen molar-refractivity contribution in [2.45, 2.75) is 6.54 Å². The highest BCUT2D eigenvalue weighted by molar-refractivity contribution is 7.17. The number of carbonyl (C=O) groups excluding carboxylic acids is 1. The number of aldehydes is 1. The fourth-order valence-electron chi connectivity index (χ4n) is 1.24. The van der Waals surface area contributed by atoms with Gasteiger partial charge in [-0.3, -0.25) is 4.79 Å². The van der Waals surface area contributed by atoms with Gasteiger partial charge in [0.25, 0.3) is 0 Å². The molecular weight excluding hydrogens is 244 g/mol. The van der Waals surface area contributed by atoms with Crippen LogP contribution in [0.3, 0.4) is 0 Å². The Morgan fingerprint density at radius 3 is 2.75 bits per heavy atom. The minimum absolute atomic E-state index is 0.260. The zero-order valence-electron chi connectivity index (χ0n) is 8.31. The quantitative estimate of drug-likeness (QED) is 0.850. The monoisotopic (exact) mass is 252 g/mol. The van der Waals surface area contributed by atoms with Crippen LogP contribution in [0, 0.1) is 0 Å². The van der Waals surface area contributed by atoms with E-state index in [4.69, 9.17) is 11.6 Å². The fraction of sp³-hybridized carbons (Fsp3) is 0.0909. The van der Waals surface area contributed by atoms with E-state index in [0.717, 1.165) is 5.56 Å². The van der Waals surface area contributed by atoms with Crippen molar-refractivity contribution >= 4 is 34.4 Å². The molecule has 2 aromatic rings. The summed E-state index contributed by atoms with van der Waals surface area (Å²) in [5.41, 5.74) is 1.15. The average molecular weight is 253 g/mol. The summed E-state index contributed by atoms with van der Waals surface area (Å²) in [4.78, 5) is 15.1. The molecule has 1 aromatic carbocycles. The third kappa shape index (κ3) is 2.59. The first kappa shape index (κ1) is 11.1. The summed E-state index contributed by atoms with van der Waals surface area (Å²) in [6.07, 6.45) is 0.716. The molecule has 82 valence electrons. The van der Waals surface area contributed by atoms with Crippen molar-refractivity contribution in [2.24, 2.45) is 0 Å². The number of hydrogen-bond donors (Lipinski definition) is 1. The van der Waals surface area contributed by atoms with E-state index in [1.165, 1.54) is 11.3 Å². The Morgan fingerprint density at radius 2 is 2.12 bits per heavy atom. The van der Waals surface area contributed by atoms with Gasteiger partial charge in [0.2, 0.25) is 0 Å². The van der Waals surface area contributed by atoms with Crippen LogP contribution in [0.15, 0.2) is 30.3 Å². The largest absolute Gasteiger partial charge is 0.357 e. The molecule has 1 aromatic heterocycles. The second kappa shape index (κ2) is 5.09. The first-order valence-corrected chi connectivity index (χ1v) is 5.88. The number of aromatic nitrogens is 1. The number of thiazole rings is 1. The van der Waals surface area contributed by atoms with Crippen LogP contribution in [0.1, 0.15) is 15.2 Å². The van der Waals surface area contributed by atoms with Gasteiger partial charge in [-0.15, -0.1) is 0 Å². The van der Waals surface area contributed by atoms with Gasteiger partial charge in [0.15, 0.2) is 16.6 Å². The summed E-state index contributed by atoms with van der Waals surface area (Å²) in [6.45, 7) is 0.670. The lowest BCUT2D eigenvalue weighted by Crippen LogP contribution is -1.97. The highest BCUT2D eigenvalue weighted by Crippen LogP contribution is 2.25. The first-order chi connectivity index (χ1) is 7.79. The van der Waals surface area contributed by atoms with Gasteiger partial charge >= 0.3 is 0 Å². The minimum Gasteiger partial charge on any atom is -0.357 e. The third-order valence-electron chi connectivity index (χ3n) is 2.00. The molecule has 3 nitrogen and oxygen atoms in total. The van der Waals surface area contributed by atoms with Crippen LogP contribution in [0.4, 0.5) is 5.13 Å². The Bertz CT molecular complexity index is 484. The lowest BCUT2D eigenvalue weighted by Gasteiger charge is -2.01. The summed E-state index contributed by atoms with van der Waals surface area (Å²) in [7, 11) is 0. The maximum atomic E-state index is 10.6. The Balaban J connectivity index is 2.02. The van der Waals surface area contributed by atoms with Gasteiger partial charge in [-0.25, -0.2) is 4.98 Å². The molecule has 0 spiro atoms. The average Bonchev–Trinajstić information content (AvgIpc) is 2.69. The van der Waals surface area contributed by atoms with Crippen molar-refractivity contribution in [2.75, 3.05) is 5.32 Å². The number of hydrogen-bond acceptors (Lipinski definition) is 4. The smallest absolute Gasteiger partial charge is 0.185 e. The molecule has 2 rings (SSSR count). The van der Waals surface area contributed by atoms with Gasteiger partial charge in [0.1, 0.15) is 4.88 Å². The van der Waals surface area contributed by atoms with Gasteiger partial charge < -0.3 is 5.32 Å². The molecule has 0 aliphatic carbocycles. The molecule has 5 heteroatoms. The highest BCUT2D eigenvalue weighted by Gasteiger charge is 2.07. The summed E-state index contributed by atoms with van der Waals surface area (Å²) < 4.78 is 0. The molecule has 0 aliphatic rings. The van der Waals surface area contributed by atoms with E-state index in [1.54, 1.807) is 0 Å². The normalized spacial score (nSPS) is 10.1. The van der Waals surface area contributed by atoms with E-state index in [2.05, 4.69) is 10.3 Å². The van der Waals surface area contributed by atoms with Crippen molar-refractivity contribution < 1.29 is 4.79 Å². The SMILES string of the molecule is O=Cc1sc(NCc2ccccc2)nc1Cl. The number of halogens is 1. The number of carbonyl (C=O) groups is 1. The maximum Gasteiger partial charge on any atom is 0.185 e. The molecule has 1 heterocycles. The number of rotatable bonds is 4. The summed E-state index contributed by atoms with van der Waals surface area (Å²) in [6, 6.07) is 9.95. The molecule has 0 saturated heterocycles. The van der Waals surface area contributed by atoms with Gasteiger partial charge in [0.05, 0.1) is 0 Å². The zero-order valence-corrected chi connectivity index (χ0v) is 9.89. The number of nitrogens with zero attached hydrogens (tertiary/aromatic N) is 1. The number of anilines is 1. The van der Waals surface area contributed by atoms with Crippen molar-refractivity contribution in [1.82, 2.24) is 4.98 Å². The van der Waals surface area contributed by atoms with Gasteiger partial charge in [-0.2, -0.15) is 0 Å². The van der Waals surface area contributed by atoms with E-state index in [-0.39, 0.29) is 5.15 Å². The maximum absolute atomic E-state index is 10.6. The van der Waals surface area contributed by atoms with Crippen LogP contribution in [-0.2, 0) is 6.54 Å². The lowest BCUT2D eigenvalue weighted by atomic mass is 10.2. The van der Waals surface area contributed by atoms with Crippen molar-refractivity contribution in [1.29, 1.82) is 0 Å². The van der Waals surface area contributed by atoms with E-state index in [1.807, 2.05) is 30.3 Å². The zero-order chi connectivity index (χ0) is 11.4. The van der Waals surface area contributed by atoms with Gasteiger partial charge in [0, 0.05) is 6.54 Å². The molecule has 0 unspecified atom stereocenters. The minimum atomic E-state index is 0.260. The molecule has 0 bridgehead atoms. The molecular formula is C11H9ClN2OS. The first-order valence-electron chi connectivity index (χ1n) is 4.69. The van der Waals surface area contributed by atoms with Crippen molar-refractivity contribution in [3.05, 3.63) is 45.9 Å². The summed E-state index contributed by atoms with van der Waals surface area (Å²) in [5, 5.41) is 4.04. The molecule has 0 aliphatic heterocycles. The van der Waals surface area contributed by atoms with Gasteiger partial charge in [-0.05, 0) is 5.56 Å². The second-order valence-electron chi connectivity index (χ2n) is 3.13. The third-order valence-corrected chi connectivity index (χ3v) is 3.34. The van der Waals surface area contributed by atoms with Crippen LogP contribution < -0.4 is 5.32 Å². The number of nitrogens with one attached hydrogen (secondary N) is 1. The molecule has 0 radical (unpaired) electrons. The predicted molar refractivity (Wildman–Crippen MR) is 66.3 cm³/mol. The predicted octanol–water partition coefficient (Wildman–Crippen LogP) is 3.22. The Morgan fingerprint density at radius 1 is 1.38 bits per heavy atom. The molecule has 0 saturated carbocycles. The van der Waals surface area contributed by atoms with Crippen molar-refractivity contribution in [3.8, 4) is 0 Å². The van der Waals surface area contributed by atoms with E-state index in [0.29, 0.717) is 22.8 Å². The highest BCUT2D eigenvalue weighted by atomic mass is 35.5. The second-order valence-corrected chi connectivity index (χ2v) is 4.52. The van der Waals surface area contributed by atoms with Crippen LogP contribution in [0.5, 0.6) is 0 Å².